The van der Waals surface area contributed by atoms with Crippen molar-refractivity contribution < 1.29 is 9.59 Å². The van der Waals surface area contributed by atoms with Gasteiger partial charge in [-0.05, 0) is 37.1 Å². The number of amides is 2. The highest BCUT2D eigenvalue weighted by Gasteiger charge is 2.51. The average molecular weight is 302 g/mol. The fourth-order valence-electron chi connectivity index (χ4n) is 3.45. The van der Waals surface area contributed by atoms with E-state index in [0.717, 1.165) is 37.7 Å². The summed E-state index contributed by atoms with van der Waals surface area (Å²) in [7, 11) is 0. The maximum absolute atomic E-state index is 12.8. The van der Waals surface area contributed by atoms with Gasteiger partial charge in [0.05, 0.1) is 11.1 Å². The lowest BCUT2D eigenvalue weighted by Crippen LogP contribution is -2.36. The van der Waals surface area contributed by atoms with E-state index in [4.69, 9.17) is 18.0 Å². The van der Waals surface area contributed by atoms with E-state index in [0.29, 0.717) is 17.1 Å². The van der Waals surface area contributed by atoms with Crippen molar-refractivity contribution >= 4 is 34.7 Å². The lowest BCUT2D eigenvalue weighted by molar-refractivity contribution is -0.127. The molecule has 2 aliphatic rings. The van der Waals surface area contributed by atoms with E-state index in [2.05, 4.69) is 0 Å². The summed E-state index contributed by atoms with van der Waals surface area (Å²) in [6.45, 7) is 0. The van der Waals surface area contributed by atoms with Crippen LogP contribution in [0.25, 0.3) is 0 Å². The van der Waals surface area contributed by atoms with Crippen LogP contribution in [0.4, 0.5) is 5.69 Å². The van der Waals surface area contributed by atoms with Crippen LogP contribution in [0, 0.1) is 5.41 Å². The Balaban J connectivity index is 1.90. The largest absolute Gasteiger partial charge is 0.389 e. The van der Waals surface area contributed by atoms with Crippen molar-refractivity contribution in [1.82, 2.24) is 0 Å². The Hall–Kier alpha value is -1.75. The maximum atomic E-state index is 12.8. The Kier molecular flexibility index (Phi) is 3.53. The normalized spacial score (nSPS) is 21.0. The summed E-state index contributed by atoms with van der Waals surface area (Å²) >= 11 is 4.91. The fraction of sp³-hybridized carbons (Fsp3) is 0.438. The third kappa shape index (κ3) is 2.35. The SMILES string of the molecule is NC(=S)c1ccc(N2C(=O)CC3(CCCCC3)C2=O)cc1. The molecule has 2 N–H and O–H groups in total. The topological polar surface area (TPSA) is 63.4 Å². The van der Waals surface area contributed by atoms with Gasteiger partial charge in [0.15, 0.2) is 0 Å². The average Bonchev–Trinajstić information content (AvgIpc) is 2.71. The highest BCUT2D eigenvalue weighted by molar-refractivity contribution is 7.80. The van der Waals surface area contributed by atoms with Crippen LogP contribution in [0.2, 0.25) is 0 Å². The number of hydrogen-bond acceptors (Lipinski definition) is 3. The molecule has 1 aromatic carbocycles. The molecule has 1 spiro atoms. The predicted octanol–water partition coefficient (Wildman–Crippen LogP) is 2.53. The maximum Gasteiger partial charge on any atom is 0.240 e. The van der Waals surface area contributed by atoms with Crippen molar-refractivity contribution in [2.24, 2.45) is 11.1 Å². The van der Waals surface area contributed by atoms with E-state index in [-0.39, 0.29) is 11.8 Å². The van der Waals surface area contributed by atoms with E-state index in [1.807, 2.05) is 0 Å². The fourth-order valence-corrected chi connectivity index (χ4v) is 3.59. The molecule has 2 amide bonds. The summed E-state index contributed by atoms with van der Waals surface area (Å²) in [4.78, 5) is 26.8. The van der Waals surface area contributed by atoms with Gasteiger partial charge in [0.1, 0.15) is 4.99 Å². The van der Waals surface area contributed by atoms with Gasteiger partial charge in [0.25, 0.3) is 0 Å². The standard InChI is InChI=1S/C16H18N2O2S/c17-14(21)11-4-6-12(7-5-11)18-13(19)10-16(15(18)20)8-2-1-3-9-16/h4-7H,1-3,8-10H2,(H2,17,21). The number of rotatable bonds is 2. The smallest absolute Gasteiger partial charge is 0.240 e. The number of anilines is 1. The van der Waals surface area contributed by atoms with Gasteiger partial charge in [-0.1, -0.05) is 31.5 Å². The third-order valence-corrected chi connectivity index (χ3v) is 4.85. The number of hydrogen-bond donors (Lipinski definition) is 1. The van der Waals surface area contributed by atoms with Gasteiger partial charge < -0.3 is 5.73 Å². The second-order valence-corrected chi connectivity index (χ2v) is 6.40. The molecule has 21 heavy (non-hydrogen) atoms. The molecule has 2 fully saturated rings. The van der Waals surface area contributed by atoms with E-state index < -0.39 is 5.41 Å². The van der Waals surface area contributed by atoms with Crippen LogP contribution in [0.15, 0.2) is 24.3 Å². The summed E-state index contributed by atoms with van der Waals surface area (Å²) < 4.78 is 0. The first-order valence-corrected chi connectivity index (χ1v) is 7.72. The minimum Gasteiger partial charge on any atom is -0.389 e. The molecule has 110 valence electrons. The first-order valence-electron chi connectivity index (χ1n) is 7.31. The second-order valence-electron chi connectivity index (χ2n) is 5.96. The Bertz CT molecular complexity index is 603. The van der Waals surface area contributed by atoms with E-state index in [9.17, 15) is 9.59 Å². The van der Waals surface area contributed by atoms with Gasteiger partial charge in [0, 0.05) is 12.0 Å². The molecule has 1 aliphatic carbocycles. The summed E-state index contributed by atoms with van der Waals surface area (Å²) in [5.74, 6) is -0.125. The van der Waals surface area contributed by atoms with E-state index >= 15 is 0 Å². The van der Waals surface area contributed by atoms with Crippen LogP contribution >= 0.6 is 12.2 Å². The quantitative estimate of drug-likeness (QED) is 0.673. The van der Waals surface area contributed by atoms with E-state index in [1.165, 1.54) is 4.90 Å². The van der Waals surface area contributed by atoms with Gasteiger partial charge in [-0.3, -0.25) is 14.5 Å². The van der Waals surface area contributed by atoms with Crippen molar-refractivity contribution in [1.29, 1.82) is 0 Å². The number of nitrogens with two attached hydrogens (primary N) is 1. The number of carbonyl (C=O) groups is 2. The predicted molar refractivity (Wildman–Crippen MR) is 85.0 cm³/mol. The highest BCUT2D eigenvalue weighted by Crippen LogP contribution is 2.46. The number of imide groups is 1. The molecule has 0 unspecified atom stereocenters. The third-order valence-electron chi connectivity index (χ3n) is 4.62. The van der Waals surface area contributed by atoms with Crippen molar-refractivity contribution in [3.05, 3.63) is 29.8 Å². The molecule has 3 rings (SSSR count). The summed E-state index contributed by atoms with van der Waals surface area (Å²) in [5, 5.41) is 0. The van der Waals surface area contributed by atoms with Crippen molar-refractivity contribution in [2.75, 3.05) is 4.90 Å². The van der Waals surface area contributed by atoms with Crippen LogP contribution in [-0.2, 0) is 9.59 Å². The number of benzene rings is 1. The van der Waals surface area contributed by atoms with Crippen LogP contribution < -0.4 is 10.6 Å². The second kappa shape index (κ2) is 5.22. The number of thiocarbonyl (C=S) groups is 1. The molecule has 1 saturated heterocycles. The molecule has 1 aromatic rings. The van der Waals surface area contributed by atoms with Crippen LogP contribution in [0.3, 0.4) is 0 Å². The highest BCUT2D eigenvalue weighted by atomic mass is 32.1. The zero-order chi connectivity index (χ0) is 15.0. The van der Waals surface area contributed by atoms with Crippen molar-refractivity contribution in [2.45, 2.75) is 38.5 Å². The molecule has 1 saturated carbocycles. The minimum absolute atomic E-state index is 0.0322. The van der Waals surface area contributed by atoms with E-state index in [1.54, 1.807) is 24.3 Å². The Morgan fingerprint density at radius 3 is 2.29 bits per heavy atom. The molecule has 0 radical (unpaired) electrons. The van der Waals surface area contributed by atoms with Gasteiger partial charge in [-0.15, -0.1) is 0 Å². The molecule has 4 nitrogen and oxygen atoms in total. The van der Waals surface area contributed by atoms with Crippen LogP contribution in [-0.4, -0.2) is 16.8 Å². The molecule has 1 aliphatic heterocycles. The van der Waals surface area contributed by atoms with Crippen LogP contribution in [0.5, 0.6) is 0 Å². The molecule has 0 bridgehead atoms. The van der Waals surface area contributed by atoms with Gasteiger partial charge in [-0.25, -0.2) is 0 Å². The molecule has 5 heteroatoms. The molecule has 0 atom stereocenters. The lowest BCUT2D eigenvalue weighted by atomic mass is 9.73. The zero-order valence-corrected chi connectivity index (χ0v) is 12.6. The zero-order valence-electron chi connectivity index (χ0n) is 11.8. The van der Waals surface area contributed by atoms with Gasteiger partial charge in [0.2, 0.25) is 11.8 Å². The first kappa shape index (κ1) is 14.2. The summed E-state index contributed by atoms with van der Waals surface area (Å²) in [6, 6.07) is 6.99. The molecule has 1 heterocycles. The molecule has 0 aromatic heterocycles. The minimum atomic E-state index is -0.447. The summed E-state index contributed by atoms with van der Waals surface area (Å²) in [5.41, 5.74) is 6.47. The Labute approximate surface area is 129 Å². The van der Waals surface area contributed by atoms with Gasteiger partial charge in [-0.2, -0.15) is 0 Å². The molecular formula is C16H18N2O2S. The first-order chi connectivity index (χ1) is 10.0. The van der Waals surface area contributed by atoms with Crippen molar-refractivity contribution in [3.63, 3.8) is 0 Å². The number of carbonyl (C=O) groups excluding carboxylic acids is 2. The number of nitrogens with zero attached hydrogens (tertiary/aromatic N) is 1. The van der Waals surface area contributed by atoms with Crippen LogP contribution in [0.1, 0.15) is 44.1 Å². The van der Waals surface area contributed by atoms with Crippen molar-refractivity contribution in [3.8, 4) is 0 Å². The Morgan fingerprint density at radius 1 is 1.10 bits per heavy atom. The van der Waals surface area contributed by atoms with Gasteiger partial charge >= 0.3 is 0 Å². The Morgan fingerprint density at radius 2 is 1.71 bits per heavy atom. The molecular weight excluding hydrogens is 284 g/mol. The monoisotopic (exact) mass is 302 g/mol. The lowest BCUT2D eigenvalue weighted by Gasteiger charge is -2.30. The summed E-state index contributed by atoms with van der Waals surface area (Å²) in [6.07, 6.45) is 5.24.